The number of carboxylic acids is 1. The number of anilines is 2. The molecule has 2 rings (SSSR count). The molecule has 0 saturated carbocycles. The number of carboxylic acid groups (broad SMARTS) is 1. The van der Waals surface area contributed by atoms with Crippen LogP contribution in [-0.4, -0.2) is 35.9 Å². The molecule has 1 aliphatic rings. The van der Waals surface area contributed by atoms with Crippen LogP contribution >= 0.6 is 0 Å². The summed E-state index contributed by atoms with van der Waals surface area (Å²) in [5, 5.41) is 18.3. The van der Waals surface area contributed by atoms with Crippen LogP contribution in [0.1, 0.15) is 23.2 Å². The van der Waals surface area contributed by atoms with Crippen LogP contribution in [-0.2, 0) is 0 Å². The summed E-state index contributed by atoms with van der Waals surface area (Å²) in [7, 11) is 0. The summed E-state index contributed by atoms with van der Waals surface area (Å²) in [5.74, 6) is -0.638. The summed E-state index contributed by atoms with van der Waals surface area (Å²) in [6.45, 7) is 1.67. The van der Waals surface area contributed by atoms with Crippen LogP contribution in [0.25, 0.3) is 0 Å². The Morgan fingerprint density at radius 1 is 1.39 bits per heavy atom. The maximum atomic E-state index is 11.2. The van der Waals surface area contributed by atoms with Gasteiger partial charge in [0.25, 0.3) is 0 Å². The van der Waals surface area contributed by atoms with Crippen molar-refractivity contribution >= 4 is 17.3 Å². The van der Waals surface area contributed by atoms with E-state index in [-0.39, 0.29) is 12.2 Å². The average Bonchev–Trinajstić information content (AvgIpc) is 2.38. The molecule has 1 saturated heterocycles. The molecule has 0 spiro atoms. The highest BCUT2D eigenvalue weighted by Crippen LogP contribution is 2.31. The quantitative estimate of drug-likeness (QED) is 0.701. The Hall–Kier alpha value is -1.75. The van der Waals surface area contributed by atoms with Crippen molar-refractivity contribution in [1.29, 1.82) is 0 Å². The van der Waals surface area contributed by atoms with Gasteiger partial charge in [-0.2, -0.15) is 0 Å². The van der Waals surface area contributed by atoms with Crippen molar-refractivity contribution < 1.29 is 15.0 Å². The summed E-state index contributed by atoms with van der Waals surface area (Å²) < 4.78 is 0. The number of nitrogens with zero attached hydrogens (tertiary/aromatic N) is 1. The maximum absolute atomic E-state index is 11.2. The summed E-state index contributed by atoms with van der Waals surface area (Å²) in [4.78, 5) is 13.2. The Morgan fingerprint density at radius 2 is 2.06 bits per heavy atom. The van der Waals surface area contributed by atoms with Gasteiger partial charge in [-0.3, -0.25) is 0 Å². The van der Waals surface area contributed by atoms with E-state index >= 15 is 0 Å². The first-order valence-corrected chi connectivity index (χ1v) is 6.11. The fourth-order valence-electron chi connectivity index (χ4n) is 2.43. The SMILES string of the molecule is Nc1cccc(C(=O)O)c1N1CCC(CO)CC1. The van der Waals surface area contributed by atoms with Crippen LogP contribution in [0, 0.1) is 5.92 Å². The van der Waals surface area contributed by atoms with E-state index in [4.69, 9.17) is 10.8 Å². The molecule has 4 N–H and O–H groups in total. The minimum atomic E-state index is -0.957. The number of aromatic carboxylic acids is 1. The van der Waals surface area contributed by atoms with E-state index in [1.54, 1.807) is 18.2 Å². The van der Waals surface area contributed by atoms with Crippen molar-refractivity contribution in [2.24, 2.45) is 5.92 Å². The summed E-state index contributed by atoms with van der Waals surface area (Å²) in [6, 6.07) is 4.95. The Labute approximate surface area is 106 Å². The molecule has 5 heteroatoms. The van der Waals surface area contributed by atoms with Crippen LogP contribution in [0.2, 0.25) is 0 Å². The van der Waals surface area contributed by atoms with E-state index in [9.17, 15) is 9.90 Å². The first kappa shape index (κ1) is 12.7. The summed E-state index contributed by atoms with van der Waals surface area (Å²) in [5.41, 5.74) is 7.26. The second kappa shape index (κ2) is 5.27. The molecule has 0 aliphatic carbocycles. The van der Waals surface area contributed by atoms with Gasteiger partial charge >= 0.3 is 5.97 Å². The molecule has 1 aromatic carbocycles. The van der Waals surface area contributed by atoms with Crippen LogP contribution in [0.5, 0.6) is 0 Å². The van der Waals surface area contributed by atoms with E-state index in [1.165, 1.54) is 0 Å². The number of nitrogens with two attached hydrogens (primary N) is 1. The van der Waals surface area contributed by atoms with Gasteiger partial charge in [-0.05, 0) is 30.9 Å². The molecule has 0 atom stereocenters. The number of hydrogen-bond acceptors (Lipinski definition) is 4. The normalized spacial score (nSPS) is 16.8. The molecule has 1 fully saturated rings. The fraction of sp³-hybridized carbons (Fsp3) is 0.462. The van der Waals surface area contributed by atoms with E-state index < -0.39 is 5.97 Å². The van der Waals surface area contributed by atoms with Gasteiger partial charge < -0.3 is 20.8 Å². The van der Waals surface area contributed by atoms with Crippen molar-refractivity contribution in [3.05, 3.63) is 23.8 Å². The van der Waals surface area contributed by atoms with Crippen LogP contribution in [0.3, 0.4) is 0 Å². The number of aliphatic hydroxyl groups is 1. The molecule has 1 aliphatic heterocycles. The Kier molecular flexibility index (Phi) is 3.72. The molecule has 0 amide bonds. The van der Waals surface area contributed by atoms with Crippen molar-refractivity contribution in [2.75, 3.05) is 30.3 Å². The fourth-order valence-corrected chi connectivity index (χ4v) is 2.43. The third kappa shape index (κ3) is 2.41. The molecular weight excluding hydrogens is 232 g/mol. The van der Waals surface area contributed by atoms with Crippen LogP contribution in [0.15, 0.2) is 18.2 Å². The van der Waals surface area contributed by atoms with Gasteiger partial charge in [-0.1, -0.05) is 6.07 Å². The zero-order valence-corrected chi connectivity index (χ0v) is 10.2. The number of piperidine rings is 1. The number of rotatable bonds is 3. The highest BCUT2D eigenvalue weighted by Gasteiger charge is 2.23. The minimum absolute atomic E-state index is 0.198. The second-order valence-corrected chi connectivity index (χ2v) is 4.66. The largest absolute Gasteiger partial charge is 0.478 e. The first-order chi connectivity index (χ1) is 8.63. The third-order valence-electron chi connectivity index (χ3n) is 3.49. The van der Waals surface area contributed by atoms with Gasteiger partial charge in [-0.15, -0.1) is 0 Å². The number of nitrogen functional groups attached to an aromatic ring is 1. The van der Waals surface area contributed by atoms with E-state index in [0.717, 1.165) is 25.9 Å². The van der Waals surface area contributed by atoms with Gasteiger partial charge in [0.15, 0.2) is 0 Å². The summed E-state index contributed by atoms with van der Waals surface area (Å²) in [6.07, 6.45) is 1.73. The van der Waals surface area contributed by atoms with Gasteiger partial charge in [0, 0.05) is 19.7 Å². The Bertz CT molecular complexity index is 440. The maximum Gasteiger partial charge on any atom is 0.337 e. The molecule has 0 bridgehead atoms. The molecule has 0 radical (unpaired) electrons. The van der Waals surface area contributed by atoms with Crippen molar-refractivity contribution in [3.63, 3.8) is 0 Å². The average molecular weight is 250 g/mol. The third-order valence-corrected chi connectivity index (χ3v) is 3.49. The summed E-state index contributed by atoms with van der Waals surface area (Å²) >= 11 is 0. The van der Waals surface area contributed by atoms with E-state index in [1.807, 2.05) is 4.90 Å². The molecule has 98 valence electrons. The predicted octanol–water partition coefficient (Wildman–Crippen LogP) is 1.18. The van der Waals surface area contributed by atoms with E-state index in [2.05, 4.69) is 0 Å². The number of para-hydroxylation sites is 1. The lowest BCUT2D eigenvalue weighted by Crippen LogP contribution is -2.36. The topological polar surface area (TPSA) is 86.8 Å². The zero-order chi connectivity index (χ0) is 13.1. The minimum Gasteiger partial charge on any atom is -0.478 e. The number of aliphatic hydroxyl groups excluding tert-OH is 1. The monoisotopic (exact) mass is 250 g/mol. The Balaban J connectivity index is 2.26. The second-order valence-electron chi connectivity index (χ2n) is 4.66. The zero-order valence-electron chi connectivity index (χ0n) is 10.2. The van der Waals surface area contributed by atoms with Gasteiger partial charge in [-0.25, -0.2) is 4.79 Å². The molecule has 0 aromatic heterocycles. The Morgan fingerprint density at radius 3 is 2.61 bits per heavy atom. The number of hydrogen-bond donors (Lipinski definition) is 3. The predicted molar refractivity (Wildman–Crippen MR) is 69.8 cm³/mol. The molecular formula is C13H18N2O3. The molecule has 1 aromatic rings. The lowest BCUT2D eigenvalue weighted by molar-refractivity contribution is 0.0697. The van der Waals surface area contributed by atoms with Crippen molar-refractivity contribution in [1.82, 2.24) is 0 Å². The highest BCUT2D eigenvalue weighted by molar-refractivity contribution is 5.98. The van der Waals surface area contributed by atoms with Crippen LogP contribution < -0.4 is 10.6 Å². The van der Waals surface area contributed by atoms with E-state index in [0.29, 0.717) is 17.3 Å². The molecule has 0 unspecified atom stereocenters. The molecule has 5 nitrogen and oxygen atoms in total. The lowest BCUT2D eigenvalue weighted by atomic mass is 9.96. The number of carbonyl (C=O) groups is 1. The van der Waals surface area contributed by atoms with Crippen molar-refractivity contribution in [2.45, 2.75) is 12.8 Å². The molecule has 18 heavy (non-hydrogen) atoms. The number of benzene rings is 1. The van der Waals surface area contributed by atoms with Gasteiger partial charge in [0.05, 0.1) is 16.9 Å². The smallest absolute Gasteiger partial charge is 0.337 e. The van der Waals surface area contributed by atoms with Gasteiger partial charge in [0.1, 0.15) is 0 Å². The van der Waals surface area contributed by atoms with Crippen molar-refractivity contribution in [3.8, 4) is 0 Å². The van der Waals surface area contributed by atoms with Gasteiger partial charge in [0.2, 0.25) is 0 Å². The highest BCUT2D eigenvalue weighted by atomic mass is 16.4. The first-order valence-electron chi connectivity index (χ1n) is 6.11. The lowest BCUT2D eigenvalue weighted by Gasteiger charge is -2.34. The van der Waals surface area contributed by atoms with Crippen LogP contribution in [0.4, 0.5) is 11.4 Å². The molecule has 1 heterocycles. The standard InChI is InChI=1S/C13H18N2O3/c14-11-3-1-2-10(13(17)18)12(11)15-6-4-9(8-16)5-7-15/h1-3,9,16H,4-8,14H2,(H,17,18).